The highest BCUT2D eigenvalue weighted by molar-refractivity contribution is 7.92. The van der Waals surface area contributed by atoms with Crippen LogP contribution in [0.25, 0.3) is 0 Å². The molecule has 0 aromatic heterocycles. The molecule has 9 heteroatoms. The lowest BCUT2D eigenvalue weighted by atomic mass is 10.1. The number of amides is 2. The van der Waals surface area contributed by atoms with E-state index in [1.165, 1.54) is 4.31 Å². The number of carbonyl (C=O) groups is 2. The monoisotopic (exact) mass is 535 g/mol. The fraction of sp³-hybridized carbons (Fsp3) is 0.481. The molecule has 0 bridgehead atoms. The Bertz CT molecular complexity index is 1150. The summed E-state index contributed by atoms with van der Waals surface area (Å²) in [5, 5.41) is 3.35. The summed E-state index contributed by atoms with van der Waals surface area (Å²) in [5.74, 6) is -0.391. The number of benzene rings is 2. The summed E-state index contributed by atoms with van der Waals surface area (Å²) in [6, 6.07) is 12.3. The van der Waals surface area contributed by atoms with E-state index in [1.807, 2.05) is 58.9 Å². The van der Waals surface area contributed by atoms with Crippen LogP contribution in [0.15, 0.2) is 42.5 Å². The first-order chi connectivity index (χ1) is 16.8. The molecule has 0 aliphatic rings. The van der Waals surface area contributed by atoms with Gasteiger partial charge in [0.2, 0.25) is 21.8 Å². The van der Waals surface area contributed by atoms with E-state index in [0.29, 0.717) is 30.1 Å². The molecule has 0 saturated heterocycles. The average molecular weight is 536 g/mol. The highest BCUT2D eigenvalue weighted by Crippen LogP contribution is 2.27. The van der Waals surface area contributed by atoms with Gasteiger partial charge in [0, 0.05) is 30.6 Å². The molecule has 7 nitrogen and oxygen atoms in total. The van der Waals surface area contributed by atoms with Crippen molar-refractivity contribution in [3.8, 4) is 0 Å². The van der Waals surface area contributed by atoms with Gasteiger partial charge in [0.15, 0.2) is 0 Å². The minimum absolute atomic E-state index is 0.0490. The highest BCUT2D eigenvalue weighted by atomic mass is 35.5. The van der Waals surface area contributed by atoms with Crippen LogP contribution in [0.5, 0.6) is 0 Å². The molecule has 2 amide bonds. The zero-order valence-corrected chi connectivity index (χ0v) is 23.6. The normalized spacial score (nSPS) is 12.3. The number of rotatable bonds is 12. The molecule has 0 radical (unpaired) electrons. The molecule has 198 valence electrons. The molecule has 0 saturated carbocycles. The second kappa shape index (κ2) is 13.1. The van der Waals surface area contributed by atoms with Gasteiger partial charge in [-0.2, -0.15) is 0 Å². The number of nitrogens with zero attached hydrogens (tertiary/aromatic N) is 2. The summed E-state index contributed by atoms with van der Waals surface area (Å²) in [6.45, 7) is 9.88. The number of carbonyl (C=O) groups excluding carboxylic acids is 2. The van der Waals surface area contributed by atoms with Gasteiger partial charge in [-0.05, 0) is 63.8 Å². The maximum Gasteiger partial charge on any atom is 0.243 e. The third-order valence-electron chi connectivity index (χ3n) is 5.88. The topological polar surface area (TPSA) is 86.8 Å². The summed E-state index contributed by atoms with van der Waals surface area (Å²) >= 11 is 6.12. The predicted octanol–water partition coefficient (Wildman–Crippen LogP) is 4.84. The van der Waals surface area contributed by atoms with Gasteiger partial charge in [-0.15, -0.1) is 0 Å². The molecule has 0 heterocycles. The van der Waals surface area contributed by atoms with Gasteiger partial charge in [0.05, 0.1) is 11.9 Å². The molecule has 2 aromatic rings. The zero-order valence-electron chi connectivity index (χ0n) is 22.0. The number of sulfonamides is 1. The first-order valence-electron chi connectivity index (χ1n) is 12.2. The molecule has 0 unspecified atom stereocenters. The Kier molecular flexibility index (Phi) is 10.8. The molecular formula is C27H38ClN3O4S. The second-order valence-corrected chi connectivity index (χ2v) is 11.8. The largest absolute Gasteiger partial charge is 0.352 e. The number of aryl methyl sites for hydroxylation is 2. The predicted molar refractivity (Wildman–Crippen MR) is 147 cm³/mol. The second-order valence-electron chi connectivity index (χ2n) is 9.46. The summed E-state index contributed by atoms with van der Waals surface area (Å²) in [5.41, 5.74) is 3.31. The molecular weight excluding hydrogens is 498 g/mol. The molecule has 0 fully saturated rings. The van der Waals surface area contributed by atoms with E-state index in [0.717, 1.165) is 22.9 Å². The van der Waals surface area contributed by atoms with E-state index < -0.39 is 16.1 Å². The Morgan fingerprint density at radius 2 is 1.69 bits per heavy atom. The summed E-state index contributed by atoms with van der Waals surface area (Å²) in [7, 11) is -3.59. The quantitative estimate of drug-likeness (QED) is 0.421. The van der Waals surface area contributed by atoms with Gasteiger partial charge in [-0.3, -0.25) is 13.9 Å². The number of hydrogen-bond donors (Lipinski definition) is 1. The van der Waals surface area contributed by atoms with Crippen molar-refractivity contribution in [2.75, 3.05) is 17.1 Å². The van der Waals surface area contributed by atoms with Crippen LogP contribution in [-0.4, -0.2) is 50.0 Å². The van der Waals surface area contributed by atoms with Crippen molar-refractivity contribution in [1.29, 1.82) is 0 Å². The Hall–Kier alpha value is -2.58. The van der Waals surface area contributed by atoms with Crippen LogP contribution in [0.4, 0.5) is 5.69 Å². The van der Waals surface area contributed by atoms with Crippen LogP contribution < -0.4 is 9.62 Å². The van der Waals surface area contributed by atoms with Gasteiger partial charge in [0.25, 0.3) is 0 Å². The third-order valence-corrected chi connectivity index (χ3v) is 7.30. The fourth-order valence-electron chi connectivity index (χ4n) is 4.02. The van der Waals surface area contributed by atoms with Gasteiger partial charge in [-0.25, -0.2) is 8.42 Å². The minimum atomic E-state index is -3.59. The van der Waals surface area contributed by atoms with E-state index in [4.69, 9.17) is 11.6 Å². The van der Waals surface area contributed by atoms with Gasteiger partial charge < -0.3 is 10.2 Å². The molecule has 0 spiro atoms. The lowest BCUT2D eigenvalue weighted by molar-refractivity contribution is -0.141. The third kappa shape index (κ3) is 8.52. The number of anilines is 1. The molecule has 1 atom stereocenters. The summed E-state index contributed by atoms with van der Waals surface area (Å²) in [4.78, 5) is 28.0. The maximum atomic E-state index is 13.5. The van der Waals surface area contributed by atoms with Crippen LogP contribution in [-0.2, 0) is 26.2 Å². The van der Waals surface area contributed by atoms with Crippen molar-refractivity contribution < 1.29 is 18.0 Å². The maximum absolute atomic E-state index is 13.5. The minimum Gasteiger partial charge on any atom is -0.352 e. The molecule has 0 aliphatic carbocycles. The molecule has 2 rings (SSSR count). The number of hydrogen-bond acceptors (Lipinski definition) is 4. The van der Waals surface area contributed by atoms with Crippen molar-refractivity contribution in [1.82, 2.24) is 10.2 Å². The van der Waals surface area contributed by atoms with Crippen LogP contribution in [0.3, 0.4) is 0 Å². The van der Waals surface area contributed by atoms with Crippen molar-refractivity contribution in [2.24, 2.45) is 0 Å². The molecule has 1 N–H and O–H groups in total. The summed E-state index contributed by atoms with van der Waals surface area (Å²) in [6.07, 6.45) is 2.00. The lowest BCUT2D eigenvalue weighted by Crippen LogP contribution is -2.50. The van der Waals surface area contributed by atoms with Crippen LogP contribution in [0, 0.1) is 13.8 Å². The van der Waals surface area contributed by atoms with Crippen LogP contribution in [0.1, 0.15) is 56.7 Å². The highest BCUT2D eigenvalue weighted by Gasteiger charge is 2.29. The molecule has 36 heavy (non-hydrogen) atoms. The Morgan fingerprint density at radius 3 is 2.25 bits per heavy atom. The van der Waals surface area contributed by atoms with Gasteiger partial charge in [0.1, 0.15) is 6.04 Å². The average Bonchev–Trinajstić information content (AvgIpc) is 2.78. The van der Waals surface area contributed by atoms with Crippen molar-refractivity contribution in [3.05, 3.63) is 64.2 Å². The van der Waals surface area contributed by atoms with Crippen molar-refractivity contribution in [2.45, 2.75) is 72.5 Å². The van der Waals surface area contributed by atoms with Crippen molar-refractivity contribution >= 4 is 39.1 Å². The Labute approximate surface area is 220 Å². The van der Waals surface area contributed by atoms with E-state index in [9.17, 15) is 18.0 Å². The van der Waals surface area contributed by atoms with Crippen LogP contribution >= 0.6 is 11.6 Å². The fourth-order valence-corrected chi connectivity index (χ4v) is 5.21. The SMILES string of the molecule is CC[C@H](C(=O)NC(C)C)N(Cc1ccc(C)cc1)C(=O)CCCN(c1cc(Cl)ccc1C)S(C)(=O)=O. The Morgan fingerprint density at radius 1 is 1.06 bits per heavy atom. The standard InChI is InChI=1S/C27H38ClN3O4S/c1-7-24(27(33)29-19(2)3)30(18-22-13-10-20(4)11-14-22)26(32)9-8-16-31(36(6,34)35)25-17-23(28)15-12-21(25)5/h10-15,17,19,24H,7-9,16,18H2,1-6H3,(H,29,33)/t24-/m1/s1. The van der Waals surface area contributed by atoms with Crippen LogP contribution in [0.2, 0.25) is 5.02 Å². The zero-order chi connectivity index (χ0) is 27.0. The first-order valence-corrected chi connectivity index (χ1v) is 14.4. The van der Waals surface area contributed by atoms with Gasteiger partial charge >= 0.3 is 0 Å². The Balaban J connectivity index is 2.24. The van der Waals surface area contributed by atoms with E-state index in [1.54, 1.807) is 23.1 Å². The smallest absolute Gasteiger partial charge is 0.243 e. The molecule has 2 aromatic carbocycles. The van der Waals surface area contributed by atoms with E-state index in [-0.39, 0.29) is 30.8 Å². The van der Waals surface area contributed by atoms with Crippen molar-refractivity contribution in [3.63, 3.8) is 0 Å². The number of nitrogens with one attached hydrogen (secondary N) is 1. The molecule has 0 aliphatic heterocycles. The van der Waals surface area contributed by atoms with E-state index >= 15 is 0 Å². The van der Waals surface area contributed by atoms with Gasteiger partial charge in [-0.1, -0.05) is 54.4 Å². The first kappa shape index (κ1) is 29.6. The summed E-state index contributed by atoms with van der Waals surface area (Å²) < 4.78 is 26.4. The lowest BCUT2D eigenvalue weighted by Gasteiger charge is -2.31. The number of halogens is 1. The van der Waals surface area contributed by atoms with E-state index in [2.05, 4.69) is 5.32 Å².